The molecule has 0 fully saturated rings. The second-order valence-electron chi connectivity index (χ2n) is 2.86. The zero-order valence-corrected chi connectivity index (χ0v) is 8.04. The van der Waals surface area contributed by atoms with Gasteiger partial charge in [-0.1, -0.05) is 11.2 Å². The molecule has 80 valence electrons. The fraction of sp³-hybridized carbons (Fsp3) is 0.111. The van der Waals surface area contributed by atoms with Gasteiger partial charge in [0.15, 0.2) is 0 Å². The summed E-state index contributed by atoms with van der Waals surface area (Å²) in [5.74, 6) is -1.11. The molecule has 7 heteroatoms. The lowest BCUT2D eigenvalue weighted by atomic mass is 10.1. The number of benzene rings is 1. The molecule has 0 radical (unpaired) electrons. The minimum atomic E-state index is -0.662. The Morgan fingerprint density at radius 3 is 2.88 bits per heavy atom. The molecule has 0 aliphatic rings. The smallest absolute Gasteiger partial charge is 0.323 e. The van der Waals surface area contributed by atoms with Crippen LogP contribution in [0.1, 0.15) is 5.56 Å². The molecule has 0 N–H and O–H groups in total. The Kier molecular flexibility index (Phi) is 3.91. The first-order valence-corrected chi connectivity index (χ1v) is 4.21. The first-order valence-electron chi connectivity index (χ1n) is 4.21. The summed E-state index contributed by atoms with van der Waals surface area (Å²) in [4.78, 5) is 16.1. The Morgan fingerprint density at radius 1 is 1.50 bits per heavy atom. The van der Waals surface area contributed by atoms with E-state index in [1.54, 1.807) is 0 Å². The third-order valence-corrected chi connectivity index (χ3v) is 1.74. The van der Waals surface area contributed by atoms with Gasteiger partial charge in [0.25, 0.3) is 0 Å². The molecule has 0 aliphatic carbocycles. The standard InChI is InChI=1S/C9H6FN5O/c10-8-2-1-6(3-7(16)5-13-11)4-9(8)14-15-12/h1-2,4-5H,3H2. The van der Waals surface area contributed by atoms with E-state index in [9.17, 15) is 9.18 Å². The Hall–Kier alpha value is -2.49. The van der Waals surface area contributed by atoms with Gasteiger partial charge in [-0.05, 0) is 23.2 Å². The normalized spacial score (nSPS) is 8.81. The average Bonchev–Trinajstić information content (AvgIpc) is 2.24. The van der Waals surface area contributed by atoms with Crippen LogP contribution >= 0.6 is 0 Å². The predicted molar refractivity (Wildman–Crippen MR) is 53.6 cm³/mol. The molecule has 6 nitrogen and oxygen atoms in total. The van der Waals surface area contributed by atoms with E-state index in [2.05, 4.69) is 14.8 Å². The summed E-state index contributed by atoms with van der Waals surface area (Å²) in [6.45, 7) is 0. The largest absolute Gasteiger partial charge is 0.361 e. The molecular weight excluding hydrogens is 213 g/mol. The summed E-state index contributed by atoms with van der Waals surface area (Å²) in [5, 5.41) is 3.13. The molecule has 0 saturated carbocycles. The van der Waals surface area contributed by atoms with Gasteiger partial charge < -0.3 is 5.53 Å². The van der Waals surface area contributed by atoms with E-state index in [1.165, 1.54) is 12.1 Å². The Labute approximate surface area is 89.6 Å². The zero-order chi connectivity index (χ0) is 12.0. The molecule has 0 spiro atoms. The van der Waals surface area contributed by atoms with Crippen LogP contribution in [-0.4, -0.2) is 16.8 Å². The van der Waals surface area contributed by atoms with Crippen molar-refractivity contribution in [2.24, 2.45) is 5.11 Å². The fourth-order valence-electron chi connectivity index (χ4n) is 1.10. The zero-order valence-electron chi connectivity index (χ0n) is 8.04. The lowest BCUT2D eigenvalue weighted by Crippen LogP contribution is -2.04. The van der Waals surface area contributed by atoms with Gasteiger partial charge in [0.2, 0.25) is 5.78 Å². The highest BCUT2D eigenvalue weighted by atomic mass is 19.1. The van der Waals surface area contributed by atoms with Crippen molar-refractivity contribution in [3.8, 4) is 0 Å². The maximum absolute atomic E-state index is 13.0. The highest BCUT2D eigenvalue weighted by molar-refractivity contribution is 6.25. The van der Waals surface area contributed by atoms with Crippen LogP contribution in [-0.2, 0) is 11.2 Å². The molecular formula is C9H6FN5O. The number of carbonyl (C=O) groups excluding carboxylic acids is 1. The molecule has 0 saturated heterocycles. The van der Waals surface area contributed by atoms with Crippen molar-refractivity contribution in [2.45, 2.75) is 6.42 Å². The van der Waals surface area contributed by atoms with Crippen LogP contribution in [0.4, 0.5) is 10.1 Å². The van der Waals surface area contributed by atoms with E-state index in [-0.39, 0.29) is 12.1 Å². The summed E-state index contributed by atoms with van der Waals surface area (Å²) >= 11 is 0. The molecule has 1 rings (SSSR count). The number of azide groups is 1. The topological polar surface area (TPSA) is 102 Å². The second kappa shape index (κ2) is 5.41. The number of Topliss-reactive ketones (excluding diaryl/α,β-unsaturated/α-hetero) is 1. The van der Waals surface area contributed by atoms with Gasteiger partial charge in [-0.3, -0.25) is 4.79 Å². The number of carbonyl (C=O) groups is 1. The van der Waals surface area contributed by atoms with Crippen LogP contribution in [0.3, 0.4) is 0 Å². The van der Waals surface area contributed by atoms with Crippen molar-refractivity contribution >= 4 is 17.7 Å². The average molecular weight is 219 g/mol. The minimum Gasteiger partial charge on any atom is -0.361 e. The summed E-state index contributed by atoms with van der Waals surface area (Å²) in [6, 6.07) is 3.75. The third kappa shape index (κ3) is 3.02. The molecule has 0 heterocycles. The molecule has 0 atom stereocenters. The van der Waals surface area contributed by atoms with E-state index in [0.29, 0.717) is 5.56 Å². The van der Waals surface area contributed by atoms with Gasteiger partial charge in [0, 0.05) is 11.3 Å². The van der Waals surface area contributed by atoms with Crippen molar-refractivity contribution in [3.63, 3.8) is 0 Å². The van der Waals surface area contributed by atoms with Crippen molar-refractivity contribution < 1.29 is 14.0 Å². The van der Waals surface area contributed by atoms with Crippen molar-refractivity contribution in [1.82, 2.24) is 0 Å². The Bertz CT molecular complexity index is 515. The lowest BCUT2D eigenvalue weighted by Gasteiger charge is -1.99. The highest BCUT2D eigenvalue weighted by Gasteiger charge is 2.07. The van der Waals surface area contributed by atoms with Gasteiger partial charge in [-0.25, -0.2) is 4.39 Å². The lowest BCUT2D eigenvalue weighted by molar-refractivity contribution is -0.115. The minimum absolute atomic E-state index is 0.0573. The van der Waals surface area contributed by atoms with E-state index < -0.39 is 11.6 Å². The summed E-state index contributed by atoms with van der Waals surface area (Å²) in [6.07, 6.45) is 0.689. The number of rotatable bonds is 4. The SMILES string of the molecule is [N-]=[N+]=CC(=O)Cc1ccc(F)c(N=[N+]=[N-])c1. The van der Waals surface area contributed by atoms with Gasteiger partial charge in [-0.2, -0.15) is 4.79 Å². The maximum Gasteiger partial charge on any atom is 0.323 e. The summed E-state index contributed by atoms with van der Waals surface area (Å²) in [5.41, 5.74) is 16.6. The van der Waals surface area contributed by atoms with Crippen LogP contribution in [0, 0.1) is 5.82 Å². The van der Waals surface area contributed by atoms with E-state index >= 15 is 0 Å². The van der Waals surface area contributed by atoms with Gasteiger partial charge in [0.1, 0.15) is 5.82 Å². The molecule has 1 aromatic rings. The summed E-state index contributed by atoms with van der Waals surface area (Å²) < 4.78 is 13.0. The van der Waals surface area contributed by atoms with E-state index in [1.807, 2.05) is 0 Å². The van der Waals surface area contributed by atoms with Crippen molar-refractivity contribution in [1.29, 1.82) is 0 Å². The first kappa shape index (κ1) is 11.6. The number of nitrogens with zero attached hydrogens (tertiary/aromatic N) is 5. The molecule has 0 unspecified atom stereocenters. The quantitative estimate of drug-likeness (QED) is 0.329. The number of ketones is 1. The predicted octanol–water partition coefficient (Wildman–Crippen LogP) is 2.18. The summed E-state index contributed by atoms with van der Waals surface area (Å²) in [7, 11) is 0. The van der Waals surface area contributed by atoms with E-state index in [4.69, 9.17) is 11.1 Å². The molecule has 16 heavy (non-hydrogen) atoms. The third-order valence-electron chi connectivity index (χ3n) is 1.74. The molecule has 1 aromatic carbocycles. The van der Waals surface area contributed by atoms with Gasteiger partial charge in [-0.15, -0.1) is 0 Å². The van der Waals surface area contributed by atoms with Crippen molar-refractivity contribution in [2.75, 3.05) is 0 Å². The van der Waals surface area contributed by atoms with Crippen LogP contribution in [0.15, 0.2) is 23.3 Å². The Balaban J connectivity index is 2.99. The van der Waals surface area contributed by atoms with Crippen LogP contribution in [0.5, 0.6) is 0 Å². The van der Waals surface area contributed by atoms with E-state index in [0.717, 1.165) is 12.3 Å². The van der Waals surface area contributed by atoms with Gasteiger partial charge in [0.05, 0.1) is 5.69 Å². The van der Waals surface area contributed by atoms with Crippen LogP contribution < -0.4 is 0 Å². The van der Waals surface area contributed by atoms with Crippen LogP contribution in [0.2, 0.25) is 0 Å². The second-order valence-corrected chi connectivity index (χ2v) is 2.86. The number of halogens is 1. The number of hydrogen-bond donors (Lipinski definition) is 0. The monoisotopic (exact) mass is 219 g/mol. The molecule has 0 aliphatic heterocycles. The first-order chi connectivity index (χ1) is 7.67. The van der Waals surface area contributed by atoms with Crippen LogP contribution in [0.25, 0.3) is 16.0 Å². The molecule has 0 amide bonds. The fourth-order valence-corrected chi connectivity index (χ4v) is 1.10. The van der Waals surface area contributed by atoms with Gasteiger partial charge >= 0.3 is 6.21 Å². The molecule has 0 aromatic heterocycles. The number of hydrogen-bond acceptors (Lipinski definition) is 2. The van der Waals surface area contributed by atoms with Crippen molar-refractivity contribution in [3.05, 3.63) is 45.6 Å². The molecule has 0 bridgehead atoms. The maximum atomic E-state index is 13.0. The Morgan fingerprint density at radius 2 is 2.25 bits per heavy atom. The highest BCUT2D eigenvalue weighted by Crippen LogP contribution is 2.19.